The molecular weight excluding hydrogens is 530 g/mol. The van der Waals surface area contributed by atoms with Crippen LogP contribution < -0.4 is 20.5 Å². The van der Waals surface area contributed by atoms with Gasteiger partial charge < -0.3 is 25.4 Å². The maximum Gasteiger partial charge on any atom is 0.219 e. The molecule has 3 aromatic carbocycles. The lowest BCUT2D eigenvalue weighted by atomic mass is 10.0. The fraction of sp³-hybridized carbons (Fsp3) is 0.219. The zero-order valence-corrected chi connectivity index (χ0v) is 23.2. The highest BCUT2D eigenvalue weighted by atomic mass is 16.5. The summed E-state index contributed by atoms with van der Waals surface area (Å²) in [5.74, 6) is 2.50. The Morgan fingerprint density at radius 3 is 2.67 bits per heavy atom. The monoisotopic (exact) mass is 561 g/mol. The molecule has 0 aliphatic carbocycles. The molecule has 1 atom stereocenters. The third-order valence-corrected chi connectivity index (χ3v) is 7.05. The Balaban J connectivity index is 1.26. The number of nitrogen functional groups attached to an aromatic ring is 1. The topological polar surface area (TPSA) is 150 Å². The first-order valence-corrected chi connectivity index (χ1v) is 13.6. The minimum atomic E-state index is 0.0000996. The molecule has 0 spiro atoms. The van der Waals surface area contributed by atoms with Crippen molar-refractivity contribution >= 4 is 23.3 Å². The fourth-order valence-electron chi connectivity index (χ4n) is 4.84. The number of ether oxygens (including phenoxy) is 2. The number of anilines is 2. The van der Waals surface area contributed by atoms with Crippen molar-refractivity contribution in [3.8, 4) is 23.3 Å². The summed E-state index contributed by atoms with van der Waals surface area (Å²) in [6.45, 7) is 3.15. The molecule has 1 aliphatic rings. The summed E-state index contributed by atoms with van der Waals surface area (Å²) >= 11 is 0. The molecule has 1 amide bonds. The van der Waals surface area contributed by atoms with E-state index in [2.05, 4.69) is 21.4 Å². The predicted octanol–water partition coefficient (Wildman–Crippen LogP) is 5.14. The number of amides is 1. The summed E-state index contributed by atoms with van der Waals surface area (Å²) in [5, 5.41) is 21.6. The SMILES string of the molecule is CC(=O)N1CCCC(Nc2ncnc(N)c2C(=N)c2ccc(Oc3cccc(OCc4ccccc4C#N)c3)cc2)C1. The number of hydrogen-bond acceptors (Lipinski definition) is 9. The van der Waals surface area contributed by atoms with Crippen LogP contribution in [0.4, 0.5) is 11.6 Å². The first-order chi connectivity index (χ1) is 20.4. The molecule has 212 valence electrons. The second-order valence-electron chi connectivity index (χ2n) is 9.96. The average molecular weight is 562 g/mol. The van der Waals surface area contributed by atoms with Gasteiger partial charge in [0.1, 0.15) is 41.8 Å². The highest BCUT2D eigenvalue weighted by molar-refractivity contribution is 6.16. The number of benzene rings is 3. The van der Waals surface area contributed by atoms with E-state index in [9.17, 15) is 10.1 Å². The number of hydrogen-bond donors (Lipinski definition) is 3. The molecule has 1 aromatic heterocycles. The number of nitrogens with one attached hydrogen (secondary N) is 2. The van der Waals surface area contributed by atoms with Crippen LogP contribution in [-0.4, -0.2) is 45.6 Å². The van der Waals surface area contributed by atoms with Gasteiger partial charge in [0.2, 0.25) is 5.91 Å². The van der Waals surface area contributed by atoms with Gasteiger partial charge in [0.05, 0.1) is 22.9 Å². The van der Waals surface area contributed by atoms with Gasteiger partial charge in [-0.15, -0.1) is 0 Å². The van der Waals surface area contributed by atoms with E-state index in [1.165, 1.54) is 6.33 Å². The number of nitrogens with two attached hydrogens (primary N) is 1. The van der Waals surface area contributed by atoms with Crippen LogP contribution in [0.25, 0.3) is 0 Å². The second kappa shape index (κ2) is 12.8. The van der Waals surface area contributed by atoms with E-state index in [0.717, 1.165) is 24.9 Å². The van der Waals surface area contributed by atoms with Crippen molar-refractivity contribution in [2.75, 3.05) is 24.1 Å². The van der Waals surface area contributed by atoms with Crippen molar-refractivity contribution in [1.82, 2.24) is 14.9 Å². The molecule has 4 aromatic rings. The van der Waals surface area contributed by atoms with Crippen LogP contribution in [0, 0.1) is 16.7 Å². The minimum Gasteiger partial charge on any atom is -0.489 e. The number of carbonyl (C=O) groups is 1. The van der Waals surface area contributed by atoms with Crippen LogP contribution in [0.1, 0.15) is 42.0 Å². The summed E-state index contributed by atoms with van der Waals surface area (Å²) in [6, 6.07) is 23.9. The van der Waals surface area contributed by atoms with Crippen LogP contribution in [0.5, 0.6) is 17.2 Å². The van der Waals surface area contributed by atoms with Crippen molar-refractivity contribution < 1.29 is 14.3 Å². The van der Waals surface area contributed by atoms with Gasteiger partial charge in [-0.1, -0.05) is 24.3 Å². The van der Waals surface area contributed by atoms with Crippen molar-refractivity contribution in [2.45, 2.75) is 32.4 Å². The molecule has 42 heavy (non-hydrogen) atoms. The van der Waals surface area contributed by atoms with Crippen molar-refractivity contribution in [3.63, 3.8) is 0 Å². The zero-order chi connectivity index (χ0) is 29.5. The Hall–Kier alpha value is -5.43. The number of aromatic nitrogens is 2. The van der Waals surface area contributed by atoms with Gasteiger partial charge >= 0.3 is 0 Å². The van der Waals surface area contributed by atoms with Crippen LogP contribution >= 0.6 is 0 Å². The van der Waals surface area contributed by atoms with Crippen LogP contribution in [0.2, 0.25) is 0 Å². The summed E-state index contributed by atoms with van der Waals surface area (Å²) in [5.41, 5.74) is 8.81. The fourth-order valence-corrected chi connectivity index (χ4v) is 4.84. The van der Waals surface area contributed by atoms with Crippen LogP contribution in [0.15, 0.2) is 79.1 Å². The molecule has 2 heterocycles. The lowest BCUT2D eigenvalue weighted by Crippen LogP contribution is -2.44. The molecule has 1 saturated heterocycles. The second-order valence-corrected chi connectivity index (χ2v) is 9.96. The molecule has 10 heteroatoms. The Bertz CT molecular complexity index is 1630. The normalized spacial score (nSPS) is 14.5. The Kier molecular flexibility index (Phi) is 8.58. The van der Waals surface area contributed by atoms with Gasteiger partial charge in [-0.3, -0.25) is 10.2 Å². The lowest BCUT2D eigenvalue weighted by molar-refractivity contribution is -0.129. The first kappa shape index (κ1) is 28.1. The van der Waals surface area contributed by atoms with Gasteiger partial charge in [0.25, 0.3) is 0 Å². The Morgan fingerprint density at radius 1 is 1.10 bits per heavy atom. The molecule has 5 rings (SSSR count). The molecule has 1 fully saturated rings. The van der Waals surface area contributed by atoms with Gasteiger partial charge in [0, 0.05) is 43.2 Å². The third kappa shape index (κ3) is 6.64. The quantitative estimate of drug-likeness (QED) is 0.238. The van der Waals surface area contributed by atoms with E-state index < -0.39 is 0 Å². The third-order valence-electron chi connectivity index (χ3n) is 7.05. The lowest BCUT2D eigenvalue weighted by Gasteiger charge is -2.33. The predicted molar refractivity (Wildman–Crippen MR) is 160 cm³/mol. The summed E-state index contributed by atoms with van der Waals surface area (Å²) in [4.78, 5) is 22.2. The van der Waals surface area contributed by atoms with Gasteiger partial charge in [-0.05, 0) is 55.3 Å². The van der Waals surface area contributed by atoms with Gasteiger partial charge in [-0.25, -0.2) is 9.97 Å². The highest BCUT2D eigenvalue weighted by Gasteiger charge is 2.24. The number of carbonyl (C=O) groups excluding carboxylic acids is 1. The van der Waals surface area contributed by atoms with E-state index >= 15 is 0 Å². The summed E-state index contributed by atoms with van der Waals surface area (Å²) in [7, 11) is 0. The number of nitrogens with zero attached hydrogens (tertiary/aromatic N) is 4. The molecule has 0 saturated carbocycles. The number of piperidine rings is 1. The number of likely N-dealkylation sites (tertiary alicyclic amines) is 1. The molecule has 1 aliphatic heterocycles. The summed E-state index contributed by atoms with van der Waals surface area (Å²) < 4.78 is 11.9. The molecule has 0 radical (unpaired) electrons. The smallest absolute Gasteiger partial charge is 0.219 e. The molecule has 4 N–H and O–H groups in total. The first-order valence-electron chi connectivity index (χ1n) is 13.6. The van der Waals surface area contributed by atoms with E-state index in [-0.39, 0.29) is 30.1 Å². The highest BCUT2D eigenvalue weighted by Crippen LogP contribution is 2.28. The van der Waals surface area contributed by atoms with Crippen LogP contribution in [0.3, 0.4) is 0 Å². The maximum absolute atomic E-state index is 11.9. The zero-order valence-electron chi connectivity index (χ0n) is 23.2. The summed E-state index contributed by atoms with van der Waals surface area (Å²) in [6.07, 6.45) is 3.14. The van der Waals surface area contributed by atoms with Crippen LogP contribution in [-0.2, 0) is 11.4 Å². The van der Waals surface area contributed by atoms with Crippen molar-refractivity contribution in [2.24, 2.45) is 0 Å². The maximum atomic E-state index is 11.9. The minimum absolute atomic E-state index is 0.0000996. The standard InChI is InChI=1S/C32H31N7O3/c1-21(40)39-15-5-8-25(18-39)38-32-29(31(35)36-20-37-32)30(34)22-11-13-26(14-12-22)42-28-10-4-9-27(16-28)41-19-24-7-3-2-6-23(24)17-33/h2-4,6-7,9-14,16,20,25,34H,5,8,15,18-19H2,1H3,(H3,35,36,37,38). The van der Waals surface area contributed by atoms with Gasteiger partial charge in [0.15, 0.2) is 0 Å². The van der Waals surface area contributed by atoms with Crippen molar-refractivity contribution in [1.29, 1.82) is 10.7 Å². The number of nitriles is 1. The van der Waals surface area contributed by atoms with E-state index in [0.29, 0.717) is 46.3 Å². The van der Waals surface area contributed by atoms with E-state index in [4.69, 9.17) is 20.6 Å². The van der Waals surface area contributed by atoms with Gasteiger partial charge in [-0.2, -0.15) is 5.26 Å². The largest absolute Gasteiger partial charge is 0.489 e. The van der Waals surface area contributed by atoms with E-state index in [1.807, 2.05) is 41.3 Å². The van der Waals surface area contributed by atoms with E-state index in [1.54, 1.807) is 43.3 Å². The Morgan fingerprint density at radius 2 is 1.88 bits per heavy atom. The number of rotatable bonds is 9. The van der Waals surface area contributed by atoms with Crippen molar-refractivity contribution in [3.05, 3.63) is 101 Å². The molecule has 0 bridgehead atoms. The molecular formula is C32H31N7O3. The molecule has 1 unspecified atom stereocenters. The Labute approximate surface area is 244 Å². The average Bonchev–Trinajstić information content (AvgIpc) is 3.01. The molecule has 10 nitrogen and oxygen atoms in total.